The maximum absolute atomic E-state index is 12.2. The van der Waals surface area contributed by atoms with Gasteiger partial charge in [0, 0.05) is 11.6 Å². The summed E-state index contributed by atoms with van der Waals surface area (Å²) in [4.78, 5) is 35.7. The van der Waals surface area contributed by atoms with E-state index in [0.29, 0.717) is 18.1 Å². The maximum Gasteiger partial charge on any atom is 0.269 e. The lowest BCUT2D eigenvalue weighted by molar-refractivity contribution is -0.124. The molecule has 0 saturated carbocycles. The molecular formula is C21H23N3O5. The predicted molar refractivity (Wildman–Crippen MR) is 108 cm³/mol. The van der Waals surface area contributed by atoms with Crippen LogP contribution >= 0.6 is 0 Å². The zero-order chi connectivity index (χ0) is 21.1. The van der Waals surface area contributed by atoms with Gasteiger partial charge < -0.3 is 14.8 Å². The number of carbonyl (C=O) groups excluding carboxylic acids is 3. The first kappa shape index (κ1) is 21.5. The van der Waals surface area contributed by atoms with Crippen LogP contribution in [0.1, 0.15) is 22.8 Å². The molecule has 0 saturated heterocycles. The van der Waals surface area contributed by atoms with E-state index >= 15 is 0 Å². The van der Waals surface area contributed by atoms with Crippen molar-refractivity contribution in [3.05, 3.63) is 65.7 Å². The summed E-state index contributed by atoms with van der Waals surface area (Å²) in [5.74, 6) is -0.607. The van der Waals surface area contributed by atoms with Crippen molar-refractivity contribution in [2.45, 2.75) is 6.92 Å². The Morgan fingerprint density at radius 1 is 1.00 bits per heavy atom. The van der Waals surface area contributed by atoms with Gasteiger partial charge >= 0.3 is 0 Å². The van der Waals surface area contributed by atoms with Crippen molar-refractivity contribution < 1.29 is 23.9 Å². The molecule has 2 aromatic rings. The fourth-order valence-corrected chi connectivity index (χ4v) is 2.29. The van der Waals surface area contributed by atoms with E-state index in [1.807, 2.05) is 37.3 Å². The molecule has 3 amide bonds. The summed E-state index contributed by atoms with van der Waals surface area (Å²) in [6, 6.07) is 13.9. The molecule has 0 bridgehead atoms. The number of carbonyl (C=O) groups is 3. The van der Waals surface area contributed by atoms with Gasteiger partial charge in [-0.1, -0.05) is 30.3 Å². The smallest absolute Gasteiger partial charge is 0.269 e. The third-order valence-electron chi connectivity index (χ3n) is 3.69. The van der Waals surface area contributed by atoms with E-state index in [4.69, 9.17) is 9.47 Å². The number of hydrogen-bond acceptors (Lipinski definition) is 5. The Morgan fingerprint density at radius 2 is 1.76 bits per heavy atom. The molecule has 2 rings (SSSR count). The highest BCUT2D eigenvalue weighted by atomic mass is 16.5. The predicted octanol–water partition coefficient (Wildman–Crippen LogP) is 1.68. The van der Waals surface area contributed by atoms with Gasteiger partial charge in [0.25, 0.3) is 11.8 Å². The van der Waals surface area contributed by atoms with Crippen LogP contribution in [0.15, 0.2) is 54.6 Å². The number of nitrogens with one attached hydrogen (secondary N) is 3. The highest BCUT2D eigenvalue weighted by Gasteiger charge is 2.12. The Bertz CT molecular complexity index is 881. The van der Waals surface area contributed by atoms with Crippen molar-refractivity contribution >= 4 is 23.8 Å². The van der Waals surface area contributed by atoms with E-state index in [9.17, 15) is 14.4 Å². The van der Waals surface area contributed by atoms with Gasteiger partial charge in [0.05, 0.1) is 20.3 Å². The first-order valence-corrected chi connectivity index (χ1v) is 8.94. The number of amides is 3. The van der Waals surface area contributed by atoms with Crippen LogP contribution in [0.25, 0.3) is 6.08 Å². The Kier molecular flexibility index (Phi) is 8.25. The first-order valence-electron chi connectivity index (χ1n) is 8.94. The molecule has 0 aliphatic carbocycles. The number of methoxy groups -OCH3 is 1. The average molecular weight is 397 g/mol. The molecule has 8 heteroatoms. The van der Waals surface area contributed by atoms with Gasteiger partial charge in [-0.15, -0.1) is 0 Å². The Balaban J connectivity index is 1.79. The number of rotatable bonds is 8. The molecule has 0 heterocycles. The number of hydrazine groups is 1. The van der Waals surface area contributed by atoms with Crippen molar-refractivity contribution in [1.29, 1.82) is 0 Å². The fourth-order valence-electron chi connectivity index (χ4n) is 2.29. The summed E-state index contributed by atoms with van der Waals surface area (Å²) in [6.07, 6.45) is 2.96. The van der Waals surface area contributed by atoms with E-state index in [-0.39, 0.29) is 12.1 Å². The normalized spacial score (nSPS) is 10.3. The molecule has 2 aromatic carbocycles. The zero-order valence-electron chi connectivity index (χ0n) is 16.2. The molecular weight excluding hydrogens is 374 g/mol. The third-order valence-corrected chi connectivity index (χ3v) is 3.69. The van der Waals surface area contributed by atoms with Crippen molar-refractivity contribution in [2.24, 2.45) is 0 Å². The molecule has 0 unspecified atom stereocenters. The van der Waals surface area contributed by atoms with E-state index in [1.54, 1.807) is 18.2 Å². The van der Waals surface area contributed by atoms with E-state index in [1.165, 1.54) is 19.3 Å². The van der Waals surface area contributed by atoms with Crippen molar-refractivity contribution in [2.75, 3.05) is 20.3 Å². The molecule has 0 fully saturated rings. The Morgan fingerprint density at radius 3 is 2.45 bits per heavy atom. The lowest BCUT2D eigenvalue weighted by Gasteiger charge is -2.11. The van der Waals surface area contributed by atoms with Crippen LogP contribution in [-0.4, -0.2) is 38.0 Å². The second-order valence-corrected chi connectivity index (χ2v) is 5.76. The molecule has 152 valence electrons. The molecule has 0 aliphatic rings. The maximum atomic E-state index is 12.2. The lowest BCUT2D eigenvalue weighted by atomic mass is 10.2. The molecule has 3 N–H and O–H groups in total. The van der Waals surface area contributed by atoms with Crippen molar-refractivity contribution in [3.8, 4) is 11.5 Å². The SMILES string of the molecule is CCOc1ccc(C(=O)NNC(=O)CNC(=O)/C=C/c2ccccc2)cc1OC. The van der Waals surface area contributed by atoms with Crippen LogP contribution in [0.2, 0.25) is 0 Å². The van der Waals surface area contributed by atoms with Gasteiger partial charge in [0.1, 0.15) is 0 Å². The second kappa shape index (κ2) is 11.1. The summed E-state index contributed by atoms with van der Waals surface area (Å²) in [7, 11) is 1.47. The molecule has 0 aromatic heterocycles. The minimum absolute atomic E-state index is 0.278. The largest absolute Gasteiger partial charge is 0.493 e. The number of hydrogen-bond donors (Lipinski definition) is 3. The Labute approximate surface area is 168 Å². The van der Waals surface area contributed by atoms with E-state index in [2.05, 4.69) is 16.2 Å². The van der Waals surface area contributed by atoms with Crippen LogP contribution in [0, 0.1) is 0 Å². The summed E-state index contributed by atoms with van der Waals surface area (Å²) in [5.41, 5.74) is 5.66. The Hall–Kier alpha value is -3.81. The van der Waals surface area contributed by atoms with Crippen LogP contribution in [0.3, 0.4) is 0 Å². The van der Waals surface area contributed by atoms with E-state index in [0.717, 1.165) is 5.56 Å². The molecule has 29 heavy (non-hydrogen) atoms. The monoisotopic (exact) mass is 397 g/mol. The van der Waals surface area contributed by atoms with Crippen LogP contribution in [0.4, 0.5) is 0 Å². The van der Waals surface area contributed by atoms with Gasteiger partial charge in [-0.2, -0.15) is 0 Å². The summed E-state index contributed by atoms with van der Waals surface area (Å²) < 4.78 is 10.6. The van der Waals surface area contributed by atoms with Crippen molar-refractivity contribution in [3.63, 3.8) is 0 Å². The van der Waals surface area contributed by atoms with Gasteiger partial charge in [0.15, 0.2) is 11.5 Å². The van der Waals surface area contributed by atoms with Crippen LogP contribution in [0.5, 0.6) is 11.5 Å². The number of benzene rings is 2. The van der Waals surface area contributed by atoms with Gasteiger partial charge in [0.2, 0.25) is 5.91 Å². The summed E-state index contributed by atoms with van der Waals surface area (Å²) >= 11 is 0. The van der Waals surface area contributed by atoms with Crippen LogP contribution < -0.4 is 25.6 Å². The molecule has 0 atom stereocenters. The van der Waals surface area contributed by atoms with Gasteiger partial charge in [-0.3, -0.25) is 25.2 Å². The van der Waals surface area contributed by atoms with Crippen molar-refractivity contribution in [1.82, 2.24) is 16.2 Å². The lowest BCUT2D eigenvalue weighted by Crippen LogP contribution is -2.46. The standard InChI is InChI=1S/C21H23N3O5/c1-3-29-17-11-10-16(13-18(17)28-2)21(27)24-23-20(26)14-22-19(25)12-9-15-7-5-4-6-8-15/h4-13H,3,14H2,1-2H3,(H,22,25)(H,23,26)(H,24,27)/b12-9+. The topological polar surface area (TPSA) is 106 Å². The third kappa shape index (κ3) is 7.02. The van der Waals surface area contributed by atoms with Gasteiger partial charge in [-0.25, -0.2) is 0 Å². The molecule has 0 spiro atoms. The average Bonchev–Trinajstić information content (AvgIpc) is 2.75. The molecule has 0 aliphatic heterocycles. The summed E-state index contributed by atoms with van der Waals surface area (Å²) in [6.45, 7) is 2.01. The number of ether oxygens (including phenoxy) is 2. The highest BCUT2D eigenvalue weighted by Crippen LogP contribution is 2.27. The van der Waals surface area contributed by atoms with Gasteiger partial charge in [-0.05, 0) is 36.8 Å². The molecule has 0 radical (unpaired) electrons. The zero-order valence-corrected chi connectivity index (χ0v) is 16.2. The minimum Gasteiger partial charge on any atom is -0.493 e. The molecule has 8 nitrogen and oxygen atoms in total. The summed E-state index contributed by atoms with van der Waals surface area (Å²) in [5, 5.41) is 2.43. The van der Waals surface area contributed by atoms with Crippen LogP contribution in [-0.2, 0) is 9.59 Å². The van der Waals surface area contributed by atoms with E-state index < -0.39 is 17.7 Å². The fraction of sp³-hybridized carbons (Fsp3) is 0.190. The first-order chi connectivity index (χ1) is 14.0. The quantitative estimate of drug-likeness (QED) is 0.464. The highest BCUT2D eigenvalue weighted by molar-refractivity contribution is 5.97. The minimum atomic E-state index is -0.572. The second-order valence-electron chi connectivity index (χ2n) is 5.76.